The summed E-state index contributed by atoms with van der Waals surface area (Å²) >= 11 is 1.19. The highest BCUT2D eigenvalue weighted by Crippen LogP contribution is 2.18. The molecule has 0 atom stereocenters. The number of thiophene rings is 1. The van der Waals surface area contributed by atoms with E-state index in [4.69, 9.17) is 5.11 Å². The van der Waals surface area contributed by atoms with E-state index in [0.29, 0.717) is 17.1 Å². The fourth-order valence-corrected chi connectivity index (χ4v) is 3.63. The van der Waals surface area contributed by atoms with Crippen LogP contribution in [0.4, 0.5) is 0 Å². The smallest absolute Gasteiger partial charge is 0.303 e. The number of aliphatic carboxylic acids is 1. The fourth-order valence-electron chi connectivity index (χ4n) is 1.11. The van der Waals surface area contributed by atoms with Crippen LogP contribution < -0.4 is 0 Å². The third-order valence-electron chi connectivity index (χ3n) is 1.86. The van der Waals surface area contributed by atoms with Gasteiger partial charge in [0.25, 0.3) is 0 Å². The minimum Gasteiger partial charge on any atom is -0.481 e. The Morgan fingerprint density at radius 2 is 2.13 bits per heavy atom. The van der Waals surface area contributed by atoms with E-state index < -0.39 is 15.8 Å². The van der Waals surface area contributed by atoms with Crippen molar-refractivity contribution in [2.75, 3.05) is 5.75 Å². The van der Waals surface area contributed by atoms with E-state index in [-0.39, 0.29) is 12.2 Å². The monoisotopic (exact) mass is 248 g/mol. The van der Waals surface area contributed by atoms with E-state index in [1.54, 1.807) is 17.5 Å². The summed E-state index contributed by atoms with van der Waals surface area (Å²) in [5.74, 6) is -0.857. The lowest BCUT2D eigenvalue weighted by Crippen LogP contribution is -2.05. The van der Waals surface area contributed by atoms with Gasteiger partial charge in [-0.15, -0.1) is 11.3 Å². The van der Waals surface area contributed by atoms with Crippen molar-refractivity contribution in [3.8, 4) is 0 Å². The molecule has 1 aromatic heterocycles. The third-order valence-corrected chi connectivity index (χ3v) is 5.14. The Bertz CT molecular complexity index is 405. The number of carbonyl (C=O) groups is 1. The van der Waals surface area contributed by atoms with Crippen molar-refractivity contribution < 1.29 is 18.3 Å². The van der Waals surface area contributed by atoms with E-state index in [1.165, 1.54) is 11.3 Å². The SMILES string of the molecule is O=C(O)CCCCS(=O)(=O)c1cccs1. The lowest BCUT2D eigenvalue weighted by Gasteiger charge is -2.00. The third kappa shape index (κ3) is 4.01. The summed E-state index contributed by atoms with van der Waals surface area (Å²) in [5, 5.41) is 10.1. The van der Waals surface area contributed by atoms with Gasteiger partial charge < -0.3 is 5.11 Å². The Morgan fingerprint density at radius 1 is 1.40 bits per heavy atom. The van der Waals surface area contributed by atoms with Crippen molar-refractivity contribution in [1.82, 2.24) is 0 Å². The first-order chi connectivity index (χ1) is 7.02. The predicted octanol–water partition coefficient (Wildman–Crippen LogP) is 1.78. The van der Waals surface area contributed by atoms with Crippen LogP contribution in [0.2, 0.25) is 0 Å². The summed E-state index contributed by atoms with van der Waals surface area (Å²) in [6, 6.07) is 3.26. The normalized spacial score (nSPS) is 11.5. The molecule has 15 heavy (non-hydrogen) atoms. The summed E-state index contributed by atoms with van der Waals surface area (Å²) in [6.45, 7) is 0. The second-order valence-corrected chi connectivity index (χ2v) is 6.39. The standard InChI is InChI=1S/C9H12O4S2/c10-8(11)4-1-2-7-15(12,13)9-5-3-6-14-9/h3,5-6H,1-2,4,7H2,(H,10,11). The van der Waals surface area contributed by atoms with Crippen molar-refractivity contribution in [1.29, 1.82) is 0 Å². The average molecular weight is 248 g/mol. The van der Waals surface area contributed by atoms with Gasteiger partial charge in [0.05, 0.1) is 5.75 Å². The molecule has 0 spiro atoms. The second-order valence-electron chi connectivity index (χ2n) is 3.10. The Hall–Kier alpha value is -0.880. The number of rotatable bonds is 6. The van der Waals surface area contributed by atoms with Crippen LogP contribution in [-0.2, 0) is 14.6 Å². The molecule has 0 aliphatic heterocycles. The molecule has 0 unspecified atom stereocenters. The molecule has 0 saturated heterocycles. The molecular weight excluding hydrogens is 236 g/mol. The largest absolute Gasteiger partial charge is 0.481 e. The number of carboxylic acids is 1. The first-order valence-electron chi connectivity index (χ1n) is 4.50. The summed E-state index contributed by atoms with van der Waals surface area (Å²) < 4.78 is 23.6. The van der Waals surface area contributed by atoms with Crippen molar-refractivity contribution in [3.05, 3.63) is 17.5 Å². The first-order valence-corrected chi connectivity index (χ1v) is 7.03. The van der Waals surface area contributed by atoms with Gasteiger partial charge >= 0.3 is 5.97 Å². The predicted molar refractivity (Wildman–Crippen MR) is 57.9 cm³/mol. The van der Waals surface area contributed by atoms with E-state index >= 15 is 0 Å². The van der Waals surface area contributed by atoms with Gasteiger partial charge in [-0.25, -0.2) is 8.42 Å². The Kier molecular flexibility index (Phi) is 4.28. The van der Waals surface area contributed by atoms with Gasteiger partial charge in [0.1, 0.15) is 4.21 Å². The maximum atomic E-state index is 11.6. The lowest BCUT2D eigenvalue weighted by molar-refractivity contribution is -0.137. The second kappa shape index (κ2) is 5.27. The Labute approximate surface area is 92.5 Å². The van der Waals surface area contributed by atoms with E-state index in [1.807, 2.05) is 0 Å². The molecule has 1 aromatic rings. The molecule has 0 radical (unpaired) electrons. The molecule has 4 nitrogen and oxygen atoms in total. The molecule has 6 heteroatoms. The average Bonchev–Trinajstić information content (AvgIpc) is 2.65. The number of hydrogen-bond acceptors (Lipinski definition) is 4. The lowest BCUT2D eigenvalue weighted by atomic mass is 10.3. The van der Waals surface area contributed by atoms with Gasteiger partial charge in [-0.3, -0.25) is 4.79 Å². The molecule has 0 amide bonds. The molecule has 0 aromatic carbocycles. The van der Waals surface area contributed by atoms with Gasteiger partial charge in [-0.05, 0) is 24.3 Å². The molecular formula is C9H12O4S2. The van der Waals surface area contributed by atoms with Crippen LogP contribution in [0.5, 0.6) is 0 Å². The molecule has 1 heterocycles. The number of carboxylic acid groups (broad SMARTS) is 1. The number of hydrogen-bond donors (Lipinski definition) is 1. The van der Waals surface area contributed by atoms with Gasteiger partial charge in [-0.2, -0.15) is 0 Å². The van der Waals surface area contributed by atoms with Crippen LogP contribution in [0.25, 0.3) is 0 Å². The van der Waals surface area contributed by atoms with Crippen molar-refractivity contribution in [3.63, 3.8) is 0 Å². The van der Waals surface area contributed by atoms with Gasteiger partial charge in [0.2, 0.25) is 0 Å². The summed E-state index contributed by atoms with van der Waals surface area (Å²) in [6.07, 6.45) is 0.826. The highest BCUT2D eigenvalue weighted by Gasteiger charge is 2.14. The highest BCUT2D eigenvalue weighted by molar-refractivity contribution is 7.93. The van der Waals surface area contributed by atoms with Gasteiger partial charge in [0.15, 0.2) is 9.84 Å². The molecule has 0 aliphatic carbocycles. The molecule has 84 valence electrons. The minimum atomic E-state index is -3.19. The Morgan fingerprint density at radius 3 is 2.67 bits per heavy atom. The van der Waals surface area contributed by atoms with Crippen LogP contribution in [0.1, 0.15) is 19.3 Å². The first kappa shape index (κ1) is 12.2. The van der Waals surface area contributed by atoms with Crippen LogP contribution in [0, 0.1) is 0 Å². The van der Waals surface area contributed by atoms with Crippen LogP contribution >= 0.6 is 11.3 Å². The summed E-state index contributed by atoms with van der Waals surface area (Å²) in [5.41, 5.74) is 0. The maximum absolute atomic E-state index is 11.6. The van der Waals surface area contributed by atoms with Crippen LogP contribution in [-0.4, -0.2) is 25.2 Å². The zero-order valence-electron chi connectivity index (χ0n) is 8.05. The van der Waals surface area contributed by atoms with Crippen molar-refractivity contribution in [2.45, 2.75) is 23.5 Å². The zero-order chi connectivity index (χ0) is 11.3. The number of unbranched alkanes of at least 4 members (excludes halogenated alkanes) is 1. The molecule has 0 bridgehead atoms. The molecule has 0 saturated carbocycles. The molecule has 1 rings (SSSR count). The maximum Gasteiger partial charge on any atom is 0.303 e. The minimum absolute atomic E-state index is 0.0277. The number of sulfone groups is 1. The van der Waals surface area contributed by atoms with Crippen molar-refractivity contribution in [2.24, 2.45) is 0 Å². The molecule has 1 N–H and O–H groups in total. The molecule has 0 fully saturated rings. The van der Waals surface area contributed by atoms with E-state index in [0.717, 1.165) is 0 Å². The van der Waals surface area contributed by atoms with E-state index in [2.05, 4.69) is 0 Å². The van der Waals surface area contributed by atoms with E-state index in [9.17, 15) is 13.2 Å². The van der Waals surface area contributed by atoms with Crippen LogP contribution in [0.15, 0.2) is 21.7 Å². The van der Waals surface area contributed by atoms with Crippen molar-refractivity contribution >= 4 is 27.1 Å². The summed E-state index contributed by atoms with van der Waals surface area (Å²) in [4.78, 5) is 10.2. The topological polar surface area (TPSA) is 71.4 Å². The van der Waals surface area contributed by atoms with Crippen LogP contribution in [0.3, 0.4) is 0 Å². The fraction of sp³-hybridized carbons (Fsp3) is 0.444. The summed E-state index contributed by atoms with van der Waals surface area (Å²) in [7, 11) is -3.19. The van der Waals surface area contributed by atoms with Gasteiger partial charge in [0, 0.05) is 6.42 Å². The highest BCUT2D eigenvalue weighted by atomic mass is 32.2. The zero-order valence-corrected chi connectivity index (χ0v) is 9.68. The van der Waals surface area contributed by atoms with Gasteiger partial charge in [-0.1, -0.05) is 6.07 Å². The molecule has 0 aliphatic rings. The Balaban J connectivity index is 2.42. The quantitative estimate of drug-likeness (QED) is 0.779.